The lowest BCUT2D eigenvalue weighted by atomic mass is 10.1. The molecular weight excluding hydrogens is 262 g/mol. The Morgan fingerprint density at radius 1 is 1.29 bits per heavy atom. The van der Waals surface area contributed by atoms with Gasteiger partial charge in [-0.2, -0.15) is 5.26 Å². The predicted octanol–water partition coefficient (Wildman–Crippen LogP) is 5.16. The highest BCUT2D eigenvalue weighted by molar-refractivity contribution is 5.35. The van der Waals surface area contributed by atoms with Crippen LogP contribution in [0.2, 0.25) is 0 Å². The second kappa shape index (κ2) is 13.1. The molecule has 0 rings (SSSR count). The molecule has 0 aromatic rings. The van der Waals surface area contributed by atoms with E-state index in [-0.39, 0.29) is 0 Å². The average molecular weight is 291 g/mol. The Morgan fingerprint density at radius 2 is 1.86 bits per heavy atom. The fraction of sp³-hybridized carbons (Fsp3) is 0.588. The van der Waals surface area contributed by atoms with E-state index in [4.69, 9.17) is 5.26 Å². The summed E-state index contributed by atoms with van der Waals surface area (Å²) in [6.45, 7) is 17.1. The Morgan fingerprint density at radius 3 is 2.19 bits per heavy atom. The van der Waals surface area contributed by atoms with Crippen molar-refractivity contribution < 1.29 is 0 Å². The summed E-state index contributed by atoms with van der Waals surface area (Å²) in [5.41, 5.74) is 3.04. The van der Waals surface area contributed by atoms with Crippen LogP contribution in [-0.2, 0) is 0 Å². The predicted molar refractivity (Wildman–Crippen MR) is 90.5 cm³/mol. The number of rotatable bonds is 8. The Balaban J connectivity index is 0. The van der Waals surface area contributed by atoms with E-state index in [1.165, 1.54) is 0 Å². The number of hydrogen-bond acceptors (Lipinski definition) is 4. The van der Waals surface area contributed by atoms with Gasteiger partial charge in [0.2, 0.25) is 0 Å². The third-order valence-corrected chi connectivity index (χ3v) is 2.65. The number of nitriles is 1. The highest BCUT2D eigenvalue weighted by atomic mass is 16.3. The van der Waals surface area contributed by atoms with Crippen molar-refractivity contribution in [2.75, 3.05) is 13.1 Å². The lowest BCUT2D eigenvalue weighted by Crippen LogP contribution is -2.25. The van der Waals surface area contributed by atoms with Crippen LogP contribution in [0.25, 0.3) is 0 Å². The number of nitroso groups, excluding NO2 is 1. The third-order valence-electron chi connectivity index (χ3n) is 2.65. The maximum Gasteiger partial charge on any atom is 0.112 e. The van der Waals surface area contributed by atoms with E-state index < -0.39 is 0 Å². The Hall–Kier alpha value is -1.89. The van der Waals surface area contributed by atoms with Crippen molar-refractivity contribution in [1.82, 2.24) is 4.90 Å². The largest absolute Gasteiger partial charge is 0.371 e. The molecule has 4 heteroatoms. The molecule has 0 radical (unpaired) electrons. The summed E-state index contributed by atoms with van der Waals surface area (Å²) in [6.07, 6.45) is 3.20. The van der Waals surface area contributed by atoms with Crippen LogP contribution >= 0.6 is 0 Å². The van der Waals surface area contributed by atoms with Gasteiger partial charge in [-0.25, -0.2) is 0 Å². The maximum absolute atomic E-state index is 10.8. The fourth-order valence-electron chi connectivity index (χ4n) is 1.72. The van der Waals surface area contributed by atoms with E-state index in [0.717, 1.165) is 24.2 Å². The number of allylic oxidation sites excluding steroid dienone is 3. The van der Waals surface area contributed by atoms with Crippen LogP contribution in [0.3, 0.4) is 0 Å². The summed E-state index contributed by atoms with van der Waals surface area (Å²) in [5, 5.41) is 11.7. The lowest BCUT2D eigenvalue weighted by Gasteiger charge is -2.26. The second-order valence-corrected chi connectivity index (χ2v) is 4.68. The molecule has 0 saturated heterocycles. The van der Waals surface area contributed by atoms with Gasteiger partial charge in [-0.1, -0.05) is 32.9 Å². The molecule has 0 amide bonds. The van der Waals surface area contributed by atoms with Gasteiger partial charge in [-0.15, -0.1) is 4.91 Å². The first-order chi connectivity index (χ1) is 9.97. The molecule has 0 heterocycles. The summed E-state index contributed by atoms with van der Waals surface area (Å²) in [6, 6.07) is 2.15. The van der Waals surface area contributed by atoms with Gasteiger partial charge in [0.05, 0.1) is 12.5 Å². The normalized spacial score (nSPS) is 9.86. The van der Waals surface area contributed by atoms with Gasteiger partial charge in [-0.3, -0.25) is 0 Å². The summed E-state index contributed by atoms with van der Waals surface area (Å²) in [7, 11) is 0. The molecule has 0 N–H and O–H groups in total. The molecule has 21 heavy (non-hydrogen) atoms. The molecule has 0 aliphatic rings. The van der Waals surface area contributed by atoms with Crippen LogP contribution in [0.1, 0.15) is 54.4 Å². The van der Waals surface area contributed by atoms with E-state index in [1.807, 2.05) is 27.7 Å². The minimum atomic E-state index is 0.356. The summed E-state index contributed by atoms with van der Waals surface area (Å²) in [5.74, 6) is 0. The highest BCUT2D eigenvalue weighted by Crippen LogP contribution is 2.19. The van der Waals surface area contributed by atoms with Gasteiger partial charge in [0.15, 0.2) is 0 Å². The molecule has 0 aromatic heterocycles. The molecule has 4 nitrogen and oxygen atoms in total. The van der Waals surface area contributed by atoms with E-state index in [0.29, 0.717) is 24.2 Å². The zero-order valence-electron chi connectivity index (χ0n) is 14.4. The van der Waals surface area contributed by atoms with Gasteiger partial charge in [0, 0.05) is 18.8 Å². The molecule has 0 aliphatic carbocycles. The monoisotopic (exact) mass is 291 g/mol. The molecular formula is C17H29N3O. The quantitative estimate of drug-likeness (QED) is 0.458. The van der Waals surface area contributed by atoms with Crippen molar-refractivity contribution >= 4 is 0 Å². The number of nitrogens with zero attached hydrogens (tertiary/aromatic N) is 3. The molecule has 0 atom stereocenters. The smallest absolute Gasteiger partial charge is 0.112 e. The van der Waals surface area contributed by atoms with Crippen LogP contribution in [0.4, 0.5) is 0 Å². The van der Waals surface area contributed by atoms with Crippen LogP contribution in [0.5, 0.6) is 0 Å². The minimum Gasteiger partial charge on any atom is -0.371 e. The maximum atomic E-state index is 10.8. The van der Waals surface area contributed by atoms with Gasteiger partial charge >= 0.3 is 0 Å². The minimum absolute atomic E-state index is 0.356. The second-order valence-electron chi connectivity index (χ2n) is 4.68. The summed E-state index contributed by atoms with van der Waals surface area (Å²) < 4.78 is 0. The molecule has 118 valence electrons. The summed E-state index contributed by atoms with van der Waals surface area (Å²) >= 11 is 0. The SMILES string of the molecule is C=C(C)/C(=C\C(=C(C)C)N(CCC)CCC#N)N=O.CC. The molecule has 0 saturated carbocycles. The van der Waals surface area contributed by atoms with E-state index in [2.05, 4.69) is 29.6 Å². The Bertz CT molecular complexity index is 424. The molecule has 0 fully saturated rings. The van der Waals surface area contributed by atoms with Crippen molar-refractivity contribution in [3.63, 3.8) is 0 Å². The van der Waals surface area contributed by atoms with Crippen LogP contribution in [0, 0.1) is 16.2 Å². The lowest BCUT2D eigenvalue weighted by molar-refractivity contribution is 0.358. The zero-order chi connectivity index (χ0) is 16.8. The van der Waals surface area contributed by atoms with Crippen LogP contribution in [-0.4, -0.2) is 18.0 Å². The van der Waals surface area contributed by atoms with Crippen molar-refractivity contribution in [3.8, 4) is 6.07 Å². The van der Waals surface area contributed by atoms with E-state index in [9.17, 15) is 4.91 Å². The highest BCUT2D eigenvalue weighted by Gasteiger charge is 2.10. The van der Waals surface area contributed by atoms with Crippen LogP contribution < -0.4 is 0 Å². The molecule has 0 aromatic carbocycles. The molecule has 0 aliphatic heterocycles. The van der Waals surface area contributed by atoms with Crippen molar-refractivity contribution in [2.24, 2.45) is 5.18 Å². The first-order valence-electron chi connectivity index (χ1n) is 7.48. The fourth-order valence-corrected chi connectivity index (χ4v) is 1.72. The number of hydrogen-bond donors (Lipinski definition) is 0. The third kappa shape index (κ3) is 8.80. The van der Waals surface area contributed by atoms with Gasteiger partial charge in [-0.05, 0) is 44.0 Å². The topological polar surface area (TPSA) is 56.5 Å². The first kappa shape index (κ1) is 21.4. The first-order valence-corrected chi connectivity index (χ1v) is 7.48. The van der Waals surface area contributed by atoms with Gasteiger partial charge in [0.1, 0.15) is 5.70 Å². The van der Waals surface area contributed by atoms with Gasteiger partial charge in [0.25, 0.3) is 0 Å². The summed E-state index contributed by atoms with van der Waals surface area (Å²) in [4.78, 5) is 12.9. The van der Waals surface area contributed by atoms with Crippen molar-refractivity contribution in [3.05, 3.63) is 40.1 Å². The van der Waals surface area contributed by atoms with E-state index in [1.54, 1.807) is 13.0 Å². The van der Waals surface area contributed by atoms with Crippen molar-refractivity contribution in [1.29, 1.82) is 5.26 Å². The van der Waals surface area contributed by atoms with Crippen molar-refractivity contribution in [2.45, 2.75) is 54.4 Å². The Kier molecular flexibility index (Phi) is 13.4. The molecule has 0 unspecified atom stereocenters. The molecule has 0 spiro atoms. The molecule has 0 bridgehead atoms. The standard InChI is InChI=1S/C15H23N3O.C2H6/c1-6-9-18(10-7-8-16)15(13(4)5)11-14(17-19)12(2)3;1-2/h11H,2,6-7,9-10H2,1,3-5H3;1-2H3/b14-11+;. The van der Waals surface area contributed by atoms with Gasteiger partial charge < -0.3 is 4.90 Å². The average Bonchev–Trinajstić information content (AvgIpc) is 2.46. The van der Waals surface area contributed by atoms with E-state index >= 15 is 0 Å². The zero-order valence-corrected chi connectivity index (χ0v) is 14.4. The Labute approximate surface area is 129 Å². The van der Waals surface area contributed by atoms with Crippen LogP contribution in [0.15, 0.2) is 40.4 Å².